The average Bonchev–Trinajstić information content (AvgIpc) is 2.60. The molecule has 1 atom stereocenters. The van der Waals surface area contributed by atoms with Crippen LogP contribution in [0.5, 0.6) is 0 Å². The Hall–Kier alpha value is 0.0969. The van der Waals surface area contributed by atoms with E-state index in [-0.39, 0.29) is 0 Å². The topological polar surface area (TPSA) is 47.3 Å². The highest BCUT2D eigenvalue weighted by Crippen LogP contribution is 2.14. The average molecular weight is 373 g/mol. The molecule has 1 unspecified atom stereocenters. The Balaban J connectivity index is 3.09. The summed E-state index contributed by atoms with van der Waals surface area (Å²) in [4.78, 5) is 0. The maximum absolute atomic E-state index is 5.59. The number of nitrogens with one attached hydrogen (secondary N) is 1. The Kier molecular flexibility index (Phi) is 20.5. The third-order valence-electron chi connectivity index (χ3n) is 5.20. The van der Waals surface area contributed by atoms with Crippen LogP contribution in [-0.4, -0.2) is 41.3 Å². The van der Waals surface area contributed by atoms with Gasteiger partial charge in [0.25, 0.3) is 0 Å². The van der Waals surface area contributed by atoms with Crippen LogP contribution in [0, 0.1) is 0 Å². The van der Waals surface area contributed by atoms with Crippen molar-refractivity contribution < 1.29 is 4.74 Å². The fourth-order valence-corrected chi connectivity index (χ4v) is 4.88. The van der Waals surface area contributed by atoms with Gasteiger partial charge in [0.2, 0.25) is 0 Å². The lowest BCUT2D eigenvalue weighted by Gasteiger charge is -2.17. The van der Waals surface area contributed by atoms with Crippen molar-refractivity contribution in [2.24, 2.45) is 5.73 Å². The van der Waals surface area contributed by atoms with E-state index in [1.54, 1.807) is 0 Å². The van der Waals surface area contributed by atoms with Gasteiger partial charge in [0.1, 0.15) is 0 Å². The van der Waals surface area contributed by atoms with Crippen LogP contribution in [0.15, 0.2) is 0 Å². The van der Waals surface area contributed by atoms with Crippen molar-refractivity contribution in [2.45, 2.75) is 109 Å². The summed E-state index contributed by atoms with van der Waals surface area (Å²) >= 11 is 0. The Morgan fingerprint density at radius 3 is 1.60 bits per heavy atom. The van der Waals surface area contributed by atoms with E-state index in [1.165, 1.54) is 90.0 Å². The van der Waals surface area contributed by atoms with E-state index in [2.05, 4.69) is 18.4 Å². The van der Waals surface area contributed by atoms with Crippen LogP contribution in [-0.2, 0) is 4.74 Å². The molecule has 0 aromatic heterocycles. The van der Waals surface area contributed by atoms with E-state index in [0.717, 1.165) is 19.5 Å². The highest BCUT2D eigenvalue weighted by molar-refractivity contribution is 6.57. The van der Waals surface area contributed by atoms with Gasteiger partial charge in [-0.05, 0) is 45.3 Å². The van der Waals surface area contributed by atoms with Crippen LogP contribution in [0.1, 0.15) is 89.9 Å². The number of hydrogen-bond donors (Lipinski definition) is 2. The van der Waals surface area contributed by atoms with Crippen LogP contribution in [0.3, 0.4) is 0 Å². The van der Waals surface area contributed by atoms with E-state index < -0.39 is 8.80 Å². The SMILES string of the molecule is COC(CCCCCCCCCCCCCNCCCCN)[SiH](C)C. The molecule has 0 aliphatic rings. The first kappa shape index (κ1) is 25.1. The zero-order valence-electron chi connectivity index (χ0n) is 17.7. The molecule has 0 bridgehead atoms. The molecule has 0 radical (unpaired) electrons. The van der Waals surface area contributed by atoms with Crippen molar-refractivity contribution in [1.82, 2.24) is 5.32 Å². The van der Waals surface area contributed by atoms with Gasteiger partial charge >= 0.3 is 0 Å². The number of rotatable bonds is 20. The molecule has 0 aromatic carbocycles. The lowest BCUT2D eigenvalue weighted by molar-refractivity contribution is 0.151. The molecule has 0 aromatic rings. The predicted molar refractivity (Wildman–Crippen MR) is 116 cm³/mol. The van der Waals surface area contributed by atoms with Crippen molar-refractivity contribution in [3.63, 3.8) is 0 Å². The fraction of sp³-hybridized carbons (Fsp3) is 1.00. The predicted octanol–water partition coefficient (Wildman–Crippen LogP) is 5.04. The molecule has 0 amide bonds. The highest BCUT2D eigenvalue weighted by atomic mass is 28.3. The second-order valence-electron chi connectivity index (χ2n) is 7.94. The van der Waals surface area contributed by atoms with Crippen molar-refractivity contribution in [3.05, 3.63) is 0 Å². The van der Waals surface area contributed by atoms with Gasteiger partial charge in [-0.25, -0.2) is 0 Å². The quantitative estimate of drug-likeness (QED) is 0.232. The third-order valence-corrected chi connectivity index (χ3v) is 7.29. The van der Waals surface area contributed by atoms with E-state index >= 15 is 0 Å². The molecule has 0 aliphatic carbocycles. The van der Waals surface area contributed by atoms with Crippen LogP contribution in [0.4, 0.5) is 0 Å². The molecule has 3 N–H and O–H groups in total. The largest absolute Gasteiger partial charge is 0.385 e. The summed E-state index contributed by atoms with van der Waals surface area (Å²) < 4.78 is 5.59. The van der Waals surface area contributed by atoms with Gasteiger partial charge in [-0.1, -0.05) is 77.3 Å². The van der Waals surface area contributed by atoms with Gasteiger partial charge in [-0.3, -0.25) is 0 Å². The number of ether oxygens (including phenoxy) is 1. The van der Waals surface area contributed by atoms with Gasteiger partial charge in [0, 0.05) is 12.8 Å². The molecular formula is C21H48N2OSi. The normalized spacial score (nSPS) is 12.8. The molecule has 4 heteroatoms. The van der Waals surface area contributed by atoms with Gasteiger partial charge in [0.05, 0.1) is 8.80 Å². The summed E-state index contributed by atoms with van der Waals surface area (Å²) in [5, 5.41) is 3.51. The van der Waals surface area contributed by atoms with Crippen LogP contribution in [0.25, 0.3) is 0 Å². The monoisotopic (exact) mass is 372 g/mol. The van der Waals surface area contributed by atoms with Crippen LogP contribution in [0.2, 0.25) is 13.1 Å². The Bertz CT molecular complexity index is 252. The summed E-state index contributed by atoms with van der Waals surface area (Å²) in [6.45, 7) is 7.95. The number of hydrogen-bond acceptors (Lipinski definition) is 3. The first-order valence-electron chi connectivity index (χ1n) is 11.2. The van der Waals surface area contributed by atoms with Gasteiger partial charge in [-0.2, -0.15) is 0 Å². The zero-order chi connectivity index (χ0) is 18.6. The molecule has 0 rings (SSSR count). The minimum Gasteiger partial charge on any atom is -0.385 e. The molecule has 0 heterocycles. The number of methoxy groups -OCH3 is 1. The van der Waals surface area contributed by atoms with E-state index in [1.807, 2.05) is 7.11 Å². The standard InChI is InChI=1S/C21H48N2OSi/c1-24-21(25(2)3)17-13-11-9-7-5-4-6-8-10-12-15-19-23-20-16-14-18-22/h21,23,25H,4-20,22H2,1-3H3. The van der Waals surface area contributed by atoms with Crippen molar-refractivity contribution >= 4 is 8.80 Å². The highest BCUT2D eigenvalue weighted by Gasteiger charge is 2.12. The van der Waals surface area contributed by atoms with Gasteiger partial charge in [0.15, 0.2) is 0 Å². The van der Waals surface area contributed by atoms with Gasteiger partial charge < -0.3 is 15.8 Å². The second kappa shape index (κ2) is 20.4. The maximum Gasteiger partial charge on any atom is 0.0655 e. The van der Waals surface area contributed by atoms with E-state index in [9.17, 15) is 0 Å². The maximum atomic E-state index is 5.59. The first-order valence-corrected chi connectivity index (χ1v) is 14.1. The van der Waals surface area contributed by atoms with Crippen molar-refractivity contribution in [2.75, 3.05) is 26.7 Å². The van der Waals surface area contributed by atoms with Crippen molar-refractivity contribution in [3.8, 4) is 0 Å². The number of nitrogens with two attached hydrogens (primary N) is 1. The summed E-state index contributed by atoms with van der Waals surface area (Å²) in [6, 6.07) is 0. The van der Waals surface area contributed by atoms with Crippen LogP contribution >= 0.6 is 0 Å². The smallest absolute Gasteiger partial charge is 0.0655 e. The second-order valence-corrected chi connectivity index (χ2v) is 11.2. The lowest BCUT2D eigenvalue weighted by Crippen LogP contribution is -2.26. The molecule has 0 fully saturated rings. The minimum absolute atomic E-state index is 0.598. The zero-order valence-corrected chi connectivity index (χ0v) is 18.8. The Morgan fingerprint density at radius 2 is 1.16 bits per heavy atom. The fourth-order valence-electron chi connectivity index (χ4n) is 3.43. The molecule has 152 valence electrons. The molecule has 0 saturated heterocycles. The summed E-state index contributed by atoms with van der Waals surface area (Å²) in [5.74, 6) is 0. The lowest BCUT2D eigenvalue weighted by atomic mass is 10.1. The molecular weight excluding hydrogens is 324 g/mol. The summed E-state index contributed by atoms with van der Waals surface area (Å²) in [5.41, 5.74) is 6.08. The Morgan fingerprint density at radius 1 is 0.720 bits per heavy atom. The third kappa shape index (κ3) is 18.7. The van der Waals surface area contributed by atoms with E-state index in [0.29, 0.717) is 5.73 Å². The molecule has 25 heavy (non-hydrogen) atoms. The molecule has 0 spiro atoms. The first-order chi connectivity index (χ1) is 12.2. The molecule has 0 saturated carbocycles. The summed E-state index contributed by atoms with van der Waals surface area (Å²) in [6.07, 6.45) is 19.2. The molecule has 0 aliphatic heterocycles. The van der Waals surface area contributed by atoms with E-state index in [4.69, 9.17) is 10.5 Å². The summed E-state index contributed by atoms with van der Waals surface area (Å²) in [7, 11) is 1.27. The van der Waals surface area contributed by atoms with Crippen LogP contribution < -0.4 is 11.1 Å². The van der Waals surface area contributed by atoms with Crippen molar-refractivity contribution in [1.29, 1.82) is 0 Å². The van der Waals surface area contributed by atoms with Gasteiger partial charge in [-0.15, -0.1) is 0 Å². The number of unbranched alkanes of at least 4 members (excludes halogenated alkanes) is 11. The molecule has 3 nitrogen and oxygen atoms in total. The minimum atomic E-state index is -0.612. The Labute approximate surface area is 160 Å².